The molecule has 1 aromatic heterocycles. The molecule has 0 aliphatic carbocycles. The summed E-state index contributed by atoms with van der Waals surface area (Å²) >= 11 is 5.21. The van der Waals surface area contributed by atoms with Gasteiger partial charge >= 0.3 is 0 Å². The molecule has 0 aliphatic rings. The Kier molecular flexibility index (Phi) is 3.20. The number of aromatic amines is 1. The van der Waals surface area contributed by atoms with Crippen LogP contribution in [0.2, 0.25) is 0 Å². The molecule has 2 aromatic rings. The average Bonchev–Trinajstić information content (AvgIpc) is 2.63. The maximum Gasteiger partial charge on any atom is 0.177 e. The summed E-state index contributed by atoms with van der Waals surface area (Å²) in [6, 6.07) is 6.47. The van der Waals surface area contributed by atoms with Crippen LogP contribution >= 0.6 is 12.2 Å². The van der Waals surface area contributed by atoms with E-state index in [0.717, 1.165) is 4.77 Å². The fraction of sp³-hybridized carbons (Fsp3) is 0.357. The van der Waals surface area contributed by atoms with Crippen molar-refractivity contribution in [3.05, 3.63) is 51.6 Å². The summed E-state index contributed by atoms with van der Waals surface area (Å²) < 4.78 is 2.82. The molecule has 17 heavy (non-hydrogen) atoms. The number of aryl methyl sites for hydroxylation is 1. The van der Waals surface area contributed by atoms with Gasteiger partial charge in [-0.05, 0) is 42.8 Å². The highest BCUT2D eigenvalue weighted by Crippen LogP contribution is 2.27. The van der Waals surface area contributed by atoms with Gasteiger partial charge in [-0.3, -0.25) is 0 Å². The minimum atomic E-state index is 0.354. The van der Waals surface area contributed by atoms with E-state index in [1.807, 2.05) is 17.8 Å². The number of nitrogens with zero attached hydrogens (tertiary/aromatic N) is 1. The van der Waals surface area contributed by atoms with Crippen LogP contribution in [0.3, 0.4) is 0 Å². The quantitative estimate of drug-likeness (QED) is 0.798. The molecule has 0 bridgehead atoms. The van der Waals surface area contributed by atoms with Crippen LogP contribution < -0.4 is 0 Å². The van der Waals surface area contributed by atoms with E-state index in [-0.39, 0.29) is 0 Å². The van der Waals surface area contributed by atoms with Gasteiger partial charge in [0.05, 0.1) is 0 Å². The summed E-state index contributed by atoms with van der Waals surface area (Å²) in [5.74, 6) is 0.354. The van der Waals surface area contributed by atoms with Crippen molar-refractivity contribution in [2.75, 3.05) is 0 Å². The Balaban J connectivity index is 2.51. The Labute approximate surface area is 107 Å². The summed E-state index contributed by atoms with van der Waals surface area (Å²) in [7, 11) is 2.01. The molecule has 0 spiro atoms. The van der Waals surface area contributed by atoms with Crippen LogP contribution in [-0.2, 0) is 7.05 Å². The lowest BCUT2D eigenvalue weighted by Crippen LogP contribution is -2.05. The van der Waals surface area contributed by atoms with Crippen molar-refractivity contribution >= 4 is 12.2 Å². The van der Waals surface area contributed by atoms with Crippen molar-refractivity contribution < 1.29 is 0 Å². The Morgan fingerprint density at radius 3 is 2.59 bits per heavy atom. The third kappa shape index (κ3) is 2.07. The van der Waals surface area contributed by atoms with Gasteiger partial charge in [0.25, 0.3) is 0 Å². The monoisotopic (exact) mass is 246 g/mol. The SMILES string of the molecule is Cc1cccc([C@H](C)c2c[nH]c(=S)n2C)c1C. The molecule has 0 saturated heterocycles. The van der Waals surface area contributed by atoms with Gasteiger partial charge < -0.3 is 9.55 Å². The Bertz CT molecular complexity index is 593. The molecule has 2 nitrogen and oxygen atoms in total. The van der Waals surface area contributed by atoms with Gasteiger partial charge in [0.15, 0.2) is 4.77 Å². The highest BCUT2D eigenvalue weighted by molar-refractivity contribution is 7.71. The van der Waals surface area contributed by atoms with Crippen LogP contribution in [0.15, 0.2) is 24.4 Å². The van der Waals surface area contributed by atoms with Gasteiger partial charge in [-0.15, -0.1) is 0 Å². The number of benzene rings is 1. The van der Waals surface area contributed by atoms with E-state index in [2.05, 4.69) is 44.0 Å². The number of imidazole rings is 1. The van der Waals surface area contributed by atoms with Crippen molar-refractivity contribution in [2.45, 2.75) is 26.7 Å². The second kappa shape index (κ2) is 4.49. The molecule has 0 amide bonds. The first-order valence-electron chi connectivity index (χ1n) is 5.82. The highest BCUT2D eigenvalue weighted by Gasteiger charge is 2.14. The maximum absolute atomic E-state index is 5.21. The molecule has 0 unspecified atom stereocenters. The first-order valence-corrected chi connectivity index (χ1v) is 6.23. The molecule has 0 aliphatic heterocycles. The third-order valence-corrected chi connectivity index (χ3v) is 3.98. The Morgan fingerprint density at radius 2 is 2.00 bits per heavy atom. The van der Waals surface area contributed by atoms with E-state index in [1.165, 1.54) is 22.4 Å². The zero-order valence-electron chi connectivity index (χ0n) is 10.7. The number of hydrogen-bond donors (Lipinski definition) is 1. The van der Waals surface area contributed by atoms with Crippen molar-refractivity contribution in [3.8, 4) is 0 Å². The molecule has 1 atom stereocenters. The minimum Gasteiger partial charge on any atom is -0.337 e. The van der Waals surface area contributed by atoms with Crippen LogP contribution in [0.5, 0.6) is 0 Å². The van der Waals surface area contributed by atoms with E-state index in [1.54, 1.807) is 0 Å². The summed E-state index contributed by atoms with van der Waals surface area (Å²) in [6.07, 6.45) is 2.01. The van der Waals surface area contributed by atoms with Gasteiger partial charge in [-0.2, -0.15) is 0 Å². The summed E-state index contributed by atoms with van der Waals surface area (Å²) in [6.45, 7) is 6.56. The molecule has 0 fully saturated rings. The first-order chi connectivity index (χ1) is 8.02. The largest absolute Gasteiger partial charge is 0.337 e. The first kappa shape index (κ1) is 12.1. The lowest BCUT2D eigenvalue weighted by atomic mass is 9.91. The van der Waals surface area contributed by atoms with E-state index < -0.39 is 0 Å². The predicted molar refractivity (Wildman–Crippen MR) is 74.0 cm³/mol. The Morgan fingerprint density at radius 1 is 1.29 bits per heavy atom. The third-order valence-electron chi connectivity index (χ3n) is 3.59. The predicted octanol–water partition coefficient (Wildman–Crippen LogP) is 3.85. The fourth-order valence-corrected chi connectivity index (χ4v) is 2.43. The summed E-state index contributed by atoms with van der Waals surface area (Å²) in [5, 5.41) is 0. The van der Waals surface area contributed by atoms with Crippen LogP contribution in [0.25, 0.3) is 0 Å². The second-order valence-corrected chi connectivity index (χ2v) is 4.98. The average molecular weight is 246 g/mol. The van der Waals surface area contributed by atoms with Gasteiger partial charge in [0.1, 0.15) is 0 Å². The van der Waals surface area contributed by atoms with Crippen LogP contribution in [0.4, 0.5) is 0 Å². The fourth-order valence-electron chi connectivity index (χ4n) is 2.26. The van der Waals surface area contributed by atoms with E-state index in [4.69, 9.17) is 12.2 Å². The maximum atomic E-state index is 5.21. The summed E-state index contributed by atoms with van der Waals surface area (Å²) in [5.41, 5.74) is 5.30. The highest BCUT2D eigenvalue weighted by atomic mass is 32.1. The number of rotatable bonds is 2. The minimum absolute atomic E-state index is 0.354. The molecular formula is C14H18N2S. The van der Waals surface area contributed by atoms with Crippen molar-refractivity contribution in [1.29, 1.82) is 0 Å². The standard InChI is InChI=1S/C14H18N2S/c1-9-6-5-7-12(10(9)2)11(3)13-8-15-14(17)16(13)4/h5-8,11H,1-4H3,(H,15,17)/t11-/m0/s1. The number of aromatic nitrogens is 2. The summed E-state index contributed by atoms with van der Waals surface area (Å²) in [4.78, 5) is 3.10. The van der Waals surface area contributed by atoms with Gasteiger partial charge in [0, 0.05) is 24.9 Å². The molecule has 0 saturated carbocycles. The Hall–Kier alpha value is -1.35. The van der Waals surface area contributed by atoms with Gasteiger partial charge in [-0.1, -0.05) is 25.1 Å². The van der Waals surface area contributed by atoms with Crippen LogP contribution in [0.1, 0.15) is 35.2 Å². The van der Waals surface area contributed by atoms with Crippen molar-refractivity contribution in [2.24, 2.45) is 7.05 Å². The zero-order valence-corrected chi connectivity index (χ0v) is 11.6. The van der Waals surface area contributed by atoms with Crippen molar-refractivity contribution in [1.82, 2.24) is 9.55 Å². The van der Waals surface area contributed by atoms with E-state index in [0.29, 0.717) is 5.92 Å². The van der Waals surface area contributed by atoms with Crippen LogP contribution in [-0.4, -0.2) is 9.55 Å². The topological polar surface area (TPSA) is 20.7 Å². The molecule has 1 N–H and O–H groups in total. The lowest BCUT2D eigenvalue weighted by molar-refractivity contribution is 0.757. The van der Waals surface area contributed by atoms with Gasteiger partial charge in [-0.25, -0.2) is 0 Å². The number of hydrogen-bond acceptors (Lipinski definition) is 1. The molecule has 2 rings (SSSR count). The van der Waals surface area contributed by atoms with E-state index in [9.17, 15) is 0 Å². The molecule has 90 valence electrons. The molecule has 1 aromatic carbocycles. The van der Waals surface area contributed by atoms with Crippen LogP contribution in [0, 0.1) is 18.6 Å². The smallest absolute Gasteiger partial charge is 0.177 e. The lowest BCUT2D eigenvalue weighted by Gasteiger charge is -2.16. The molecule has 3 heteroatoms. The molecule has 0 radical (unpaired) electrons. The van der Waals surface area contributed by atoms with E-state index >= 15 is 0 Å². The number of nitrogens with one attached hydrogen (secondary N) is 1. The van der Waals surface area contributed by atoms with Gasteiger partial charge in [0.2, 0.25) is 0 Å². The molecular weight excluding hydrogens is 228 g/mol. The molecule has 1 heterocycles. The van der Waals surface area contributed by atoms with Crippen molar-refractivity contribution in [3.63, 3.8) is 0 Å². The zero-order chi connectivity index (χ0) is 12.6. The number of H-pyrrole nitrogens is 1. The second-order valence-electron chi connectivity index (χ2n) is 4.59. The normalized spacial score (nSPS) is 12.7.